The molecule has 0 aliphatic carbocycles. The zero-order chi connectivity index (χ0) is 25.2. The largest absolute Gasteiger partial charge is 0.422 e. The lowest BCUT2D eigenvalue weighted by Gasteiger charge is -2.08. The number of nitrogens with zero attached hydrogens (tertiary/aromatic N) is 1. The first-order valence-corrected chi connectivity index (χ1v) is 12.9. The van der Waals surface area contributed by atoms with Crippen LogP contribution < -0.4 is 4.74 Å². The Labute approximate surface area is 228 Å². The molecule has 1 aromatic heterocycles. The summed E-state index contributed by atoms with van der Waals surface area (Å²) < 4.78 is 12.4. The Morgan fingerprint density at radius 3 is 2.64 bits per heavy atom. The van der Waals surface area contributed by atoms with Gasteiger partial charge in [0.1, 0.15) is 10.6 Å². The van der Waals surface area contributed by atoms with Crippen molar-refractivity contribution in [2.75, 3.05) is 0 Å². The summed E-state index contributed by atoms with van der Waals surface area (Å²) in [6, 6.07) is 19.8. The molecule has 1 aliphatic heterocycles. The lowest BCUT2D eigenvalue weighted by Crippen LogP contribution is -2.08. The van der Waals surface area contributed by atoms with Gasteiger partial charge in [-0.2, -0.15) is 0 Å². The Morgan fingerprint density at radius 1 is 1.03 bits per heavy atom. The molecule has 0 radical (unpaired) electrons. The fraction of sp³-hybridized carbons (Fsp3) is 0. The van der Waals surface area contributed by atoms with Crippen molar-refractivity contribution >= 4 is 90.5 Å². The molecule has 0 fully saturated rings. The van der Waals surface area contributed by atoms with Crippen LogP contribution in [-0.4, -0.2) is 17.8 Å². The predicted molar refractivity (Wildman–Crippen MR) is 148 cm³/mol. The van der Waals surface area contributed by atoms with Gasteiger partial charge in [0.15, 0.2) is 5.70 Å². The highest BCUT2D eigenvalue weighted by Gasteiger charge is 2.24. The van der Waals surface area contributed by atoms with Gasteiger partial charge in [0.05, 0.1) is 5.02 Å². The number of thiophene rings is 1. The molecular formula is C27H14BrCl2NO4S. The SMILES string of the molecule is O=C1OC(/C=C/c2ccccc2)=NC/1=C/c1cc(Br)ccc1OC(=O)c1sc2cc(Cl)ccc2c1Cl. The summed E-state index contributed by atoms with van der Waals surface area (Å²) in [4.78, 5) is 30.0. The second-order valence-electron chi connectivity index (χ2n) is 7.57. The minimum Gasteiger partial charge on any atom is -0.422 e. The van der Waals surface area contributed by atoms with E-state index >= 15 is 0 Å². The standard InChI is InChI=1S/C27H14BrCl2NO4S/c28-17-7-10-21(34-27(33)25-24(30)19-9-8-18(29)14-22(19)36-25)16(12-17)13-20-26(32)35-23(31-20)11-6-15-4-2-1-3-5-15/h1-14H/b11-6+,20-13+. The van der Waals surface area contributed by atoms with E-state index in [0.29, 0.717) is 15.6 Å². The molecule has 4 aromatic rings. The number of esters is 2. The van der Waals surface area contributed by atoms with Crippen LogP contribution in [-0.2, 0) is 9.53 Å². The Balaban J connectivity index is 1.43. The molecule has 3 aromatic carbocycles. The van der Waals surface area contributed by atoms with Crippen molar-refractivity contribution in [3.8, 4) is 5.75 Å². The van der Waals surface area contributed by atoms with Crippen LogP contribution in [0.15, 0.2) is 88.0 Å². The van der Waals surface area contributed by atoms with E-state index in [4.69, 9.17) is 32.7 Å². The van der Waals surface area contributed by atoms with E-state index in [0.717, 1.165) is 20.1 Å². The molecular weight excluding hydrogens is 585 g/mol. The molecule has 178 valence electrons. The third kappa shape index (κ3) is 5.29. The normalized spacial score (nSPS) is 14.5. The molecule has 0 amide bonds. The predicted octanol–water partition coefficient (Wildman–Crippen LogP) is 8.20. The van der Waals surface area contributed by atoms with Crippen molar-refractivity contribution in [2.45, 2.75) is 0 Å². The van der Waals surface area contributed by atoms with Crippen molar-refractivity contribution in [3.05, 3.63) is 109 Å². The summed E-state index contributed by atoms with van der Waals surface area (Å²) in [5.41, 5.74) is 1.48. The molecule has 36 heavy (non-hydrogen) atoms. The first-order chi connectivity index (χ1) is 17.4. The maximum absolute atomic E-state index is 13.0. The molecule has 5 nitrogen and oxygen atoms in total. The van der Waals surface area contributed by atoms with Crippen molar-refractivity contribution in [3.63, 3.8) is 0 Å². The number of hydrogen-bond donors (Lipinski definition) is 0. The summed E-state index contributed by atoms with van der Waals surface area (Å²) >= 11 is 17.1. The van der Waals surface area contributed by atoms with Crippen LogP contribution in [0.2, 0.25) is 10.0 Å². The molecule has 0 spiro atoms. The Bertz CT molecular complexity index is 1610. The molecule has 0 bridgehead atoms. The molecule has 0 N–H and O–H groups in total. The third-order valence-electron chi connectivity index (χ3n) is 5.10. The van der Waals surface area contributed by atoms with Gasteiger partial charge in [-0.3, -0.25) is 0 Å². The Kier molecular flexibility index (Phi) is 7.07. The summed E-state index contributed by atoms with van der Waals surface area (Å²) in [5, 5.41) is 1.56. The number of hydrogen-bond acceptors (Lipinski definition) is 6. The summed E-state index contributed by atoms with van der Waals surface area (Å²) in [7, 11) is 0. The van der Waals surface area contributed by atoms with Crippen molar-refractivity contribution < 1.29 is 19.1 Å². The smallest absolute Gasteiger partial charge is 0.363 e. The number of fused-ring (bicyclic) bond motifs is 1. The Morgan fingerprint density at radius 2 is 1.83 bits per heavy atom. The summed E-state index contributed by atoms with van der Waals surface area (Å²) in [6.07, 6.45) is 4.92. The van der Waals surface area contributed by atoms with E-state index in [-0.39, 0.29) is 22.2 Å². The van der Waals surface area contributed by atoms with E-state index < -0.39 is 11.9 Å². The van der Waals surface area contributed by atoms with Crippen LogP contribution in [0.3, 0.4) is 0 Å². The van der Waals surface area contributed by atoms with Gasteiger partial charge in [0.25, 0.3) is 0 Å². The number of cyclic esters (lactones) is 1. The van der Waals surface area contributed by atoms with Crippen LogP contribution in [0.25, 0.3) is 22.2 Å². The highest BCUT2D eigenvalue weighted by Crippen LogP contribution is 2.38. The fourth-order valence-corrected chi connectivity index (χ4v) is 5.46. The highest BCUT2D eigenvalue weighted by molar-refractivity contribution is 9.10. The number of carbonyl (C=O) groups is 2. The monoisotopic (exact) mass is 597 g/mol. The van der Waals surface area contributed by atoms with E-state index in [1.165, 1.54) is 17.4 Å². The third-order valence-corrected chi connectivity index (χ3v) is 7.46. The van der Waals surface area contributed by atoms with Gasteiger partial charge in [0, 0.05) is 31.2 Å². The average molecular weight is 599 g/mol. The van der Waals surface area contributed by atoms with Gasteiger partial charge in [0.2, 0.25) is 5.90 Å². The van der Waals surface area contributed by atoms with Crippen molar-refractivity contribution in [1.29, 1.82) is 0 Å². The number of carbonyl (C=O) groups excluding carboxylic acids is 2. The van der Waals surface area contributed by atoms with E-state index in [9.17, 15) is 9.59 Å². The van der Waals surface area contributed by atoms with Crippen LogP contribution >= 0.6 is 50.5 Å². The van der Waals surface area contributed by atoms with Crippen LogP contribution in [0.4, 0.5) is 0 Å². The van der Waals surface area contributed by atoms with E-state index in [1.54, 1.807) is 48.6 Å². The maximum atomic E-state index is 13.0. The molecule has 0 unspecified atom stereocenters. The second kappa shape index (κ2) is 10.4. The van der Waals surface area contributed by atoms with Gasteiger partial charge >= 0.3 is 11.9 Å². The minimum atomic E-state index is -0.622. The molecule has 9 heteroatoms. The van der Waals surface area contributed by atoms with Crippen molar-refractivity contribution in [1.82, 2.24) is 0 Å². The van der Waals surface area contributed by atoms with Gasteiger partial charge in [-0.05, 0) is 48.0 Å². The van der Waals surface area contributed by atoms with Gasteiger partial charge in [-0.25, -0.2) is 14.6 Å². The molecule has 2 heterocycles. The van der Waals surface area contributed by atoms with Crippen LogP contribution in [0.1, 0.15) is 20.8 Å². The molecule has 5 rings (SSSR count). The second-order valence-corrected chi connectivity index (χ2v) is 10.4. The number of benzene rings is 3. The quantitative estimate of drug-likeness (QED) is 0.132. The first kappa shape index (κ1) is 24.5. The molecule has 0 saturated carbocycles. The lowest BCUT2D eigenvalue weighted by molar-refractivity contribution is -0.129. The fourth-order valence-electron chi connectivity index (χ4n) is 3.42. The average Bonchev–Trinajstić information content (AvgIpc) is 3.38. The number of rotatable bonds is 5. The van der Waals surface area contributed by atoms with Crippen LogP contribution in [0, 0.1) is 0 Å². The molecule has 0 saturated heterocycles. The van der Waals surface area contributed by atoms with Gasteiger partial charge in [-0.1, -0.05) is 75.5 Å². The van der Waals surface area contributed by atoms with Crippen molar-refractivity contribution in [2.24, 2.45) is 4.99 Å². The molecule has 1 aliphatic rings. The highest BCUT2D eigenvalue weighted by atomic mass is 79.9. The van der Waals surface area contributed by atoms with Gasteiger partial charge in [-0.15, -0.1) is 11.3 Å². The number of halogens is 3. The Hall–Kier alpha value is -3.23. The summed E-state index contributed by atoms with van der Waals surface area (Å²) in [6.45, 7) is 0. The van der Waals surface area contributed by atoms with E-state index in [1.807, 2.05) is 30.3 Å². The maximum Gasteiger partial charge on any atom is 0.363 e. The van der Waals surface area contributed by atoms with Gasteiger partial charge < -0.3 is 9.47 Å². The topological polar surface area (TPSA) is 65.0 Å². The lowest BCUT2D eigenvalue weighted by atomic mass is 10.1. The molecule has 0 atom stereocenters. The zero-order valence-electron chi connectivity index (χ0n) is 18.2. The van der Waals surface area contributed by atoms with E-state index in [2.05, 4.69) is 20.9 Å². The zero-order valence-corrected chi connectivity index (χ0v) is 22.1. The summed E-state index contributed by atoms with van der Waals surface area (Å²) in [5.74, 6) is -0.828. The first-order valence-electron chi connectivity index (χ1n) is 10.5. The van der Waals surface area contributed by atoms with Crippen LogP contribution in [0.5, 0.6) is 5.75 Å². The number of ether oxygens (including phenoxy) is 2. The minimum absolute atomic E-state index is 0.0765. The number of aliphatic imine (C=N–C) groups is 1.